The fraction of sp³-hybridized carbons (Fsp3) is 0.280. The lowest BCUT2D eigenvalue weighted by molar-refractivity contribution is -0.384. The number of carbonyl (C=O) groups excluding carboxylic acids is 1. The predicted octanol–water partition coefficient (Wildman–Crippen LogP) is 4.33. The maximum absolute atomic E-state index is 11.8. The minimum atomic E-state index is -0.403. The molecule has 2 heterocycles. The van der Waals surface area contributed by atoms with Gasteiger partial charge in [0.05, 0.1) is 23.8 Å². The molecule has 170 valence electrons. The normalized spacial score (nSPS) is 14.1. The van der Waals surface area contributed by atoms with Gasteiger partial charge in [0.1, 0.15) is 0 Å². The van der Waals surface area contributed by atoms with Gasteiger partial charge in [-0.25, -0.2) is 4.98 Å². The molecule has 0 radical (unpaired) electrons. The number of para-hydroxylation sites is 1. The summed E-state index contributed by atoms with van der Waals surface area (Å²) in [5, 5.41) is 11.8. The highest BCUT2D eigenvalue weighted by Gasteiger charge is 2.24. The molecule has 1 aliphatic heterocycles. The third-order valence-corrected chi connectivity index (χ3v) is 5.75. The highest BCUT2D eigenvalue weighted by atomic mass is 16.6. The van der Waals surface area contributed by atoms with Crippen molar-refractivity contribution in [1.29, 1.82) is 0 Å². The van der Waals surface area contributed by atoms with Crippen LogP contribution in [0.4, 0.5) is 17.2 Å². The van der Waals surface area contributed by atoms with E-state index in [1.807, 2.05) is 47.4 Å². The minimum absolute atomic E-state index is 0.0534. The number of benzene rings is 2. The topological polar surface area (TPSA) is 88.8 Å². The largest absolute Gasteiger partial charge is 0.379 e. The van der Waals surface area contributed by atoms with E-state index in [9.17, 15) is 14.9 Å². The van der Waals surface area contributed by atoms with Crippen LogP contribution in [0.3, 0.4) is 0 Å². The second kappa shape index (κ2) is 10.8. The van der Waals surface area contributed by atoms with E-state index in [1.165, 1.54) is 6.07 Å². The quantitative estimate of drug-likeness (QED) is 0.275. The van der Waals surface area contributed by atoms with E-state index in [2.05, 4.69) is 9.88 Å². The summed E-state index contributed by atoms with van der Waals surface area (Å²) < 4.78 is 5.43. The monoisotopic (exact) mass is 446 g/mol. The van der Waals surface area contributed by atoms with Crippen molar-refractivity contribution in [3.8, 4) is 11.1 Å². The van der Waals surface area contributed by atoms with Gasteiger partial charge in [-0.1, -0.05) is 42.5 Å². The SMILES string of the molecule is O=Cc1ccccc1-c1ccccc1N(CCCN1CCOCC1)c1ncccc1[N+](=O)[O-]. The number of nitro groups is 1. The van der Waals surface area contributed by atoms with Crippen molar-refractivity contribution < 1.29 is 14.5 Å². The van der Waals surface area contributed by atoms with Crippen molar-refractivity contribution in [2.45, 2.75) is 6.42 Å². The maximum Gasteiger partial charge on any atom is 0.311 e. The summed E-state index contributed by atoms with van der Waals surface area (Å²) in [7, 11) is 0. The van der Waals surface area contributed by atoms with Crippen molar-refractivity contribution in [3.63, 3.8) is 0 Å². The molecule has 0 N–H and O–H groups in total. The Kier molecular flexibility index (Phi) is 7.39. The molecular weight excluding hydrogens is 420 g/mol. The Balaban J connectivity index is 1.74. The molecule has 0 atom stereocenters. The first-order valence-corrected chi connectivity index (χ1v) is 11.0. The van der Waals surface area contributed by atoms with Gasteiger partial charge in [0, 0.05) is 49.6 Å². The van der Waals surface area contributed by atoms with E-state index in [0.29, 0.717) is 17.9 Å². The van der Waals surface area contributed by atoms with Gasteiger partial charge in [-0.2, -0.15) is 0 Å². The number of nitrogens with zero attached hydrogens (tertiary/aromatic N) is 4. The van der Waals surface area contributed by atoms with Crippen molar-refractivity contribution in [1.82, 2.24) is 9.88 Å². The molecule has 2 aromatic carbocycles. The van der Waals surface area contributed by atoms with Gasteiger partial charge in [0.2, 0.25) is 5.82 Å². The highest BCUT2D eigenvalue weighted by Crippen LogP contribution is 2.38. The van der Waals surface area contributed by atoms with Crippen LogP contribution >= 0.6 is 0 Å². The first-order chi connectivity index (χ1) is 16.2. The molecule has 0 amide bonds. The van der Waals surface area contributed by atoms with Gasteiger partial charge < -0.3 is 9.64 Å². The molecule has 1 saturated heterocycles. The number of hydrogen-bond acceptors (Lipinski definition) is 7. The van der Waals surface area contributed by atoms with Crippen molar-refractivity contribution in [2.75, 3.05) is 44.3 Å². The average molecular weight is 447 g/mol. The van der Waals surface area contributed by atoms with Crippen molar-refractivity contribution in [2.24, 2.45) is 0 Å². The van der Waals surface area contributed by atoms with E-state index in [0.717, 1.165) is 62.4 Å². The van der Waals surface area contributed by atoms with Crippen LogP contribution in [-0.2, 0) is 4.74 Å². The summed E-state index contributed by atoms with van der Waals surface area (Å²) in [5.41, 5.74) is 2.89. The molecule has 3 aromatic rings. The molecule has 8 nitrogen and oxygen atoms in total. The molecule has 1 aliphatic rings. The van der Waals surface area contributed by atoms with Gasteiger partial charge in [-0.05, 0) is 24.1 Å². The van der Waals surface area contributed by atoms with Crippen LogP contribution in [0.1, 0.15) is 16.8 Å². The number of ether oxygens (including phenoxy) is 1. The molecule has 0 spiro atoms. The minimum Gasteiger partial charge on any atom is -0.379 e. The van der Waals surface area contributed by atoms with Crippen LogP contribution in [0.25, 0.3) is 11.1 Å². The zero-order valence-corrected chi connectivity index (χ0v) is 18.3. The number of aromatic nitrogens is 1. The smallest absolute Gasteiger partial charge is 0.311 e. The fourth-order valence-electron chi connectivity index (χ4n) is 4.14. The van der Waals surface area contributed by atoms with Gasteiger partial charge in [-0.3, -0.25) is 19.8 Å². The van der Waals surface area contributed by atoms with Crippen molar-refractivity contribution in [3.05, 3.63) is 82.5 Å². The van der Waals surface area contributed by atoms with Gasteiger partial charge in [0.15, 0.2) is 6.29 Å². The van der Waals surface area contributed by atoms with E-state index >= 15 is 0 Å². The zero-order chi connectivity index (χ0) is 23.0. The summed E-state index contributed by atoms with van der Waals surface area (Å²) in [4.78, 5) is 31.7. The molecule has 33 heavy (non-hydrogen) atoms. The van der Waals surface area contributed by atoms with Crippen LogP contribution in [0.2, 0.25) is 0 Å². The summed E-state index contributed by atoms with van der Waals surface area (Å²) >= 11 is 0. The average Bonchev–Trinajstić information content (AvgIpc) is 2.87. The van der Waals surface area contributed by atoms with E-state index in [4.69, 9.17) is 4.74 Å². The molecule has 4 rings (SSSR count). The Labute approximate surface area is 192 Å². The first kappa shape index (κ1) is 22.6. The number of anilines is 2. The van der Waals surface area contributed by atoms with Crippen molar-refractivity contribution >= 4 is 23.5 Å². The molecule has 1 fully saturated rings. The molecule has 0 unspecified atom stereocenters. The summed E-state index contributed by atoms with van der Waals surface area (Å²) in [6.45, 7) is 4.60. The van der Waals surface area contributed by atoms with Crippen LogP contribution in [-0.4, -0.2) is 60.5 Å². The van der Waals surface area contributed by atoms with Crippen LogP contribution in [0.5, 0.6) is 0 Å². The second-order valence-corrected chi connectivity index (χ2v) is 7.78. The molecule has 8 heteroatoms. The Bertz CT molecular complexity index is 1110. The molecular formula is C25H26N4O4. The number of hydrogen-bond donors (Lipinski definition) is 0. The third-order valence-electron chi connectivity index (χ3n) is 5.75. The molecule has 1 aromatic heterocycles. The third kappa shape index (κ3) is 5.24. The fourth-order valence-corrected chi connectivity index (χ4v) is 4.14. The molecule has 0 bridgehead atoms. The van der Waals surface area contributed by atoms with Gasteiger partial charge in [-0.15, -0.1) is 0 Å². The lowest BCUT2D eigenvalue weighted by atomic mass is 9.98. The van der Waals surface area contributed by atoms with Crippen LogP contribution in [0, 0.1) is 10.1 Å². The van der Waals surface area contributed by atoms with Crippen LogP contribution < -0.4 is 4.90 Å². The number of aldehydes is 1. The van der Waals surface area contributed by atoms with Gasteiger partial charge in [0.25, 0.3) is 0 Å². The van der Waals surface area contributed by atoms with Crippen LogP contribution in [0.15, 0.2) is 66.9 Å². The van der Waals surface area contributed by atoms with Gasteiger partial charge >= 0.3 is 5.69 Å². The highest BCUT2D eigenvalue weighted by molar-refractivity contribution is 5.93. The van der Waals surface area contributed by atoms with E-state index in [1.54, 1.807) is 18.3 Å². The standard InChI is InChI=1S/C25H26N4O4/c30-19-20-7-1-2-8-21(20)22-9-3-4-10-23(22)28(14-6-13-27-15-17-33-18-16-27)25-24(29(31)32)11-5-12-26-25/h1-5,7-12,19H,6,13-18H2. The number of pyridine rings is 1. The molecule has 0 saturated carbocycles. The Hall–Kier alpha value is -3.62. The second-order valence-electron chi connectivity index (χ2n) is 7.78. The Morgan fingerprint density at radius 3 is 2.52 bits per heavy atom. The Morgan fingerprint density at radius 2 is 1.76 bits per heavy atom. The first-order valence-electron chi connectivity index (χ1n) is 11.0. The molecule has 0 aliphatic carbocycles. The summed E-state index contributed by atoms with van der Waals surface area (Å²) in [6.07, 6.45) is 3.19. The predicted molar refractivity (Wildman–Crippen MR) is 127 cm³/mol. The summed E-state index contributed by atoms with van der Waals surface area (Å²) in [5.74, 6) is 0.292. The van der Waals surface area contributed by atoms with E-state index < -0.39 is 4.92 Å². The Morgan fingerprint density at radius 1 is 1.03 bits per heavy atom. The van der Waals surface area contributed by atoms with E-state index in [-0.39, 0.29) is 5.69 Å². The number of morpholine rings is 1. The number of carbonyl (C=O) groups is 1. The lowest BCUT2D eigenvalue weighted by Gasteiger charge is -2.29. The summed E-state index contributed by atoms with van der Waals surface area (Å²) in [6, 6.07) is 18.0. The number of rotatable bonds is 9. The zero-order valence-electron chi connectivity index (χ0n) is 18.3. The maximum atomic E-state index is 11.8. The lowest BCUT2D eigenvalue weighted by Crippen LogP contribution is -2.38.